The maximum Gasteiger partial charge on any atom is 0.305 e. The van der Waals surface area contributed by atoms with Crippen LogP contribution in [0.2, 0.25) is 0 Å². The Morgan fingerprint density at radius 3 is 2.44 bits per heavy atom. The summed E-state index contributed by atoms with van der Waals surface area (Å²) in [6.45, 7) is 1.85. The molecule has 4 nitrogen and oxygen atoms in total. The van der Waals surface area contributed by atoms with Gasteiger partial charge < -0.3 is 10.4 Å². The third-order valence-electron chi connectivity index (χ3n) is 2.29. The third-order valence-corrected chi connectivity index (χ3v) is 2.29. The Morgan fingerprint density at radius 2 is 1.94 bits per heavy atom. The van der Waals surface area contributed by atoms with Crippen LogP contribution in [0.3, 0.4) is 0 Å². The molecular formula is C12H15NO3. The predicted molar refractivity (Wildman–Crippen MR) is 60.2 cm³/mol. The molecule has 86 valence electrons. The molecule has 16 heavy (non-hydrogen) atoms. The van der Waals surface area contributed by atoms with Crippen LogP contribution in [-0.4, -0.2) is 23.0 Å². The number of hydrogen-bond acceptors (Lipinski definition) is 2. The van der Waals surface area contributed by atoms with Crippen molar-refractivity contribution in [3.05, 3.63) is 35.9 Å². The molecule has 0 radical (unpaired) electrons. The van der Waals surface area contributed by atoms with Crippen LogP contribution in [0.4, 0.5) is 0 Å². The highest BCUT2D eigenvalue weighted by Crippen LogP contribution is 2.02. The minimum Gasteiger partial charge on any atom is -0.481 e. The summed E-state index contributed by atoms with van der Waals surface area (Å²) in [6.07, 6.45) is 0.556. The number of hydrogen-bond donors (Lipinski definition) is 2. The van der Waals surface area contributed by atoms with E-state index in [4.69, 9.17) is 5.11 Å². The van der Waals surface area contributed by atoms with Crippen LogP contribution in [0.25, 0.3) is 0 Å². The average molecular weight is 221 g/mol. The lowest BCUT2D eigenvalue weighted by Crippen LogP contribution is -2.35. The number of carbonyl (C=O) groups is 2. The number of nitrogens with one attached hydrogen (secondary N) is 1. The number of carboxylic acid groups (broad SMARTS) is 1. The molecule has 0 heterocycles. The SMILES string of the molecule is CCC(CC(=O)O)NC(=O)c1ccccc1. The number of rotatable bonds is 5. The highest BCUT2D eigenvalue weighted by Gasteiger charge is 2.14. The van der Waals surface area contributed by atoms with Crippen LogP contribution in [0.15, 0.2) is 30.3 Å². The second kappa shape index (κ2) is 5.90. The van der Waals surface area contributed by atoms with Crippen LogP contribution >= 0.6 is 0 Å². The van der Waals surface area contributed by atoms with Crippen molar-refractivity contribution in [2.45, 2.75) is 25.8 Å². The van der Waals surface area contributed by atoms with Gasteiger partial charge in [0.2, 0.25) is 0 Å². The zero-order valence-electron chi connectivity index (χ0n) is 9.14. The van der Waals surface area contributed by atoms with Crippen molar-refractivity contribution in [3.8, 4) is 0 Å². The summed E-state index contributed by atoms with van der Waals surface area (Å²) in [5.74, 6) is -1.13. The zero-order valence-corrected chi connectivity index (χ0v) is 9.14. The fraction of sp³-hybridized carbons (Fsp3) is 0.333. The van der Waals surface area contributed by atoms with Gasteiger partial charge in [0.05, 0.1) is 6.42 Å². The first-order chi connectivity index (χ1) is 7.63. The van der Waals surface area contributed by atoms with Crippen molar-refractivity contribution in [3.63, 3.8) is 0 Å². The summed E-state index contributed by atoms with van der Waals surface area (Å²) in [6, 6.07) is 8.45. The Bertz CT molecular complexity index is 362. The maximum atomic E-state index is 11.7. The summed E-state index contributed by atoms with van der Waals surface area (Å²) in [5, 5.41) is 11.3. The van der Waals surface area contributed by atoms with Crippen LogP contribution in [0.1, 0.15) is 30.1 Å². The molecule has 0 saturated heterocycles. The van der Waals surface area contributed by atoms with E-state index in [0.717, 1.165) is 0 Å². The van der Waals surface area contributed by atoms with Gasteiger partial charge in [-0.1, -0.05) is 25.1 Å². The van der Waals surface area contributed by atoms with E-state index < -0.39 is 5.97 Å². The fourth-order valence-corrected chi connectivity index (χ4v) is 1.37. The van der Waals surface area contributed by atoms with Crippen molar-refractivity contribution in [1.82, 2.24) is 5.32 Å². The summed E-state index contributed by atoms with van der Waals surface area (Å²) >= 11 is 0. The van der Waals surface area contributed by atoms with Crippen molar-refractivity contribution in [1.29, 1.82) is 0 Å². The molecule has 0 bridgehead atoms. The number of carboxylic acids is 1. The Kier molecular flexibility index (Phi) is 4.51. The number of aliphatic carboxylic acids is 1. The van der Waals surface area contributed by atoms with Crippen molar-refractivity contribution >= 4 is 11.9 Å². The topological polar surface area (TPSA) is 66.4 Å². The van der Waals surface area contributed by atoms with Crippen molar-refractivity contribution in [2.75, 3.05) is 0 Å². The molecule has 1 amide bonds. The van der Waals surface area contributed by atoms with Crippen LogP contribution in [0, 0.1) is 0 Å². The number of amides is 1. The van der Waals surface area contributed by atoms with E-state index in [1.807, 2.05) is 13.0 Å². The first-order valence-corrected chi connectivity index (χ1v) is 5.21. The van der Waals surface area contributed by atoms with Gasteiger partial charge in [-0.05, 0) is 18.6 Å². The zero-order chi connectivity index (χ0) is 12.0. The maximum absolute atomic E-state index is 11.7. The molecule has 1 aromatic rings. The van der Waals surface area contributed by atoms with Gasteiger partial charge in [0.15, 0.2) is 0 Å². The first kappa shape index (κ1) is 12.2. The van der Waals surface area contributed by atoms with Crippen molar-refractivity contribution < 1.29 is 14.7 Å². The number of carbonyl (C=O) groups excluding carboxylic acids is 1. The number of benzene rings is 1. The molecule has 0 spiro atoms. The van der Waals surface area contributed by atoms with Gasteiger partial charge in [0.25, 0.3) is 5.91 Å². The Labute approximate surface area is 94.3 Å². The molecule has 0 saturated carbocycles. The van der Waals surface area contributed by atoms with Crippen molar-refractivity contribution in [2.24, 2.45) is 0 Å². The van der Waals surface area contributed by atoms with Gasteiger partial charge >= 0.3 is 5.97 Å². The lowest BCUT2D eigenvalue weighted by atomic mass is 10.1. The standard InChI is InChI=1S/C12H15NO3/c1-2-10(8-11(14)15)13-12(16)9-6-4-3-5-7-9/h3-7,10H,2,8H2,1H3,(H,13,16)(H,14,15). The van der Waals surface area contributed by atoms with Gasteiger partial charge in [0, 0.05) is 11.6 Å². The molecule has 2 N–H and O–H groups in total. The molecule has 4 heteroatoms. The van der Waals surface area contributed by atoms with Gasteiger partial charge in [-0.25, -0.2) is 0 Å². The molecule has 1 rings (SSSR count). The van der Waals surface area contributed by atoms with E-state index in [0.29, 0.717) is 12.0 Å². The van der Waals surface area contributed by atoms with Gasteiger partial charge in [0.1, 0.15) is 0 Å². The van der Waals surface area contributed by atoms with Gasteiger partial charge in [-0.2, -0.15) is 0 Å². The van der Waals surface area contributed by atoms with E-state index in [1.54, 1.807) is 24.3 Å². The quantitative estimate of drug-likeness (QED) is 0.794. The van der Waals surface area contributed by atoms with E-state index >= 15 is 0 Å². The minimum atomic E-state index is -0.903. The molecule has 1 aromatic carbocycles. The lowest BCUT2D eigenvalue weighted by molar-refractivity contribution is -0.137. The summed E-state index contributed by atoms with van der Waals surface area (Å²) in [7, 11) is 0. The smallest absolute Gasteiger partial charge is 0.305 e. The normalized spacial score (nSPS) is 11.8. The summed E-state index contributed by atoms with van der Waals surface area (Å²) < 4.78 is 0. The van der Waals surface area contributed by atoms with Crippen LogP contribution < -0.4 is 5.32 Å². The average Bonchev–Trinajstić information content (AvgIpc) is 2.28. The van der Waals surface area contributed by atoms with E-state index in [9.17, 15) is 9.59 Å². The fourth-order valence-electron chi connectivity index (χ4n) is 1.37. The van der Waals surface area contributed by atoms with E-state index in [2.05, 4.69) is 5.32 Å². The predicted octanol–water partition coefficient (Wildman–Crippen LogP) is 1.67. The Morgan fingerprint density at radius 1 is 1.31 bits per heavy atom. The molecule has 0 aliphatic heterocycles. The molecule has 1 unspecified atom stereocenters. The molecular weight excluding hydrogens is 206 g/mol. The molecule has 0 aliphatic carbocycles. The summed E-state index contributed by atoms with van der Waals surface area (Å²) in [4.78, 5) is 22.2. The molecule has 0 aromatic heterocycles. The second-order valence-electron chi connectivity index (χ2n) is 3.54. The van der Waals surface area contributed by atoms with Crippen LogP contribution in [0.5, 0.6) is 0 Å². The van der Waals surface area contributed by atoms with Gasteiger partial charge in [-0.3, -0.25) is 9.59 Å². The van der Waals surface area contributed by atoms with E-state index in [-0.39, 0.29) is 18.4 Å². The third kappa shape index (κ3) is 3.73. The Hall–Kier alpha value is -1.84. The minimum absolute atomic E-state index is 0.0466. The molecule has 0 fully saturated rings. The highest BCUT2D eigenvalue weighted by atomic mass is 16.4. The Balaban J connectivity index is 2.59. The molecule has 1 atom stereocenters. The van der Waals surface area contributed by atoms with Gasteiger partial charge in [-0.15, -0.1) is 0 Å². The lowest BCUT2D eigenvalue weighted by Gasteiger charge is -2.14. The van der Waals surface area contributed by atoms with E-state index in [1.165, 1.54) is 0 Å². The highest BCUT2D eigenvalue weighted by molar-refractivity contribution is 5.94. The first-order valence-electron chi connectivity index (χ1n) is 5.21. The van der Waals surface area contributed by atoms with Crippen LogP contribution in [-0.2, 0) is 4.79 Å². The summed E-state index contributed by atoms with van der Waals surface area (Å²) in [5.41, 5.74) is 0.548. The largest absolute Gasteiger partial charge is 0.481 e. The monoisotopic (exact) mass is 221 g/mol. The second-order valence-corrected chi connectivity index (χ2v) is 3.54. The molecule has 0 aliphatic rings.